The Morgan fingerprint density at radius 1 is 1.09 bits per heavy atom. The van der Waals surface area contributed by atoms with Gasteiger partial charge in [-0.2, -0.15) is 0 Å². The van der Waals surface area contributed by atoms with Crippen LogP contribution in [0.3, 0.4) is 0 Å². The fraction of sp³-hybridized carbons (Fsp3) is 0.294. The van der Waals surface area contributed by atoms with Crippen LogP contribution < -0.4 is 5.32 Å². The maximum Gasteiger partial charge on any atom is 0.336 e. The Hall–Kier alpha value is -2.43. The van der Waals surface area contributed by atoms with Gasteiger partial charge in [0.2, 0.25) is 0 Å². The number of rotatable bonds is 3. The van der Waals surface area contributed by atoms with Gasteiger partial charge < -0.3 is 10.1 Å². The van der Waals surface area contributed by atoms with Gasteiger partial charge in [-0.15, -0.1) is 0 Å². The van der Waals surface area contributed by atoms with Crippen LogP contribution in [0.4, 0.5) is 4.39 Å². The summed E-state index contributed by atoms with van der Waals surface area (Å²) in [6, 6.07) is 5.79. The number of hydrogen-bond donors (Lipinski definition) is 1. The first-order valence-corrected chi connectivity index (χ1v) is 6.90. The average Bonchev–Trinajstić information content (AvgIpc) is 2.46. The van der Waals surface area contributed by atoms with Crippen molar-refractivity contribution in [3.63, 3.8) is 0 Å². The van der Waals surface area contributed by atoms with Gasteiger partial charge in [0, 0.05) is 22.9 Å². The second-order valence-electron chi connectivity index (χ2n) is 5.23. The van der Waals surface area contributed by atoms with Crippen molar-refractivity contribution in [3.05, 3.63) is 58.2 Å². The molecular weight excluding hydrogens is 285 g/mol. The molecule has 0 spiro atoms. The van der Waals surface area contributed by atoms with E-state index in [-0.39, 0.29) is 11.6 Å². The van der Waals surface area contributed by atoms with Crippen LogP contribution in [-0.2, 0) is 14.3 Å². The third kappa shape index (κ3) is 2.79. The number of allylic oxidation sites excluding steroid dienone is 3. The molecule has 1 aromatic rings. The highest BCUT2D eigenvalue weighted by Gasteiger charge is 2.35. The van der Waals surface area contributed by atoms with Gasteiger partial charge in [0.25, 0.3) is 0 Å². The van der Waals surface area contributed by atoms with E-state index < -0.39 is 11.9 Å². The molecule has 4 nitrogen and oxygen atoms in total. The summed E-state index contributed by atoms with van der Waals surface area (Å²) in [7, 11) is 1.29. The zero-order chi connectivity index (χ0) is 16.4. The highest BCUT2D eigenvalue weighted by atomic mass is 19.1. The van der Waals surface area contributed by atoms with E-state index in [9.17, 15) is 14.0 Å². The Bertz CT molecular complexity index is 686. The van der Waals surface area contributed by atoms with E-state index in [2.05, 4.69) is 5.32 Å². The third-order valence-corrected chi connectivity index (χ3v) is 3.75. The molecule has 0 aromatic heterocycles. The van der Waals surface area contributed by atoms with Crippen molar-refractivity contribution in [2.45, 2.75) is 26.7 Å². The van der Waals surface area contributed by atoms with Crippen LogP contribution >= 0.6 is 0 Å². The van der Waals surface area contributed by atoms with Gasteiger partial charge in [0.05, 0.1) is 12.7 Å². The molecule has 0 fully saturated rings. The van der Waals surface area contributed by atoms with Gasteiger partial charge in [-0.1, -0.05) is 12.1 Å². The molecule has 1 aliphatic heterocycles. The lowest BCUT2D eigenvalue weighted by Crippen LogP contribution is -2.30. The molecule has 0 saturated carbocycles. The van der Waals surface area contributed by atoms with Crippen molar-refractivity contribution < 1.29 is 18.7 Å². The lowest BCUT2D eigenvalue weighted by Gasteiger charge is -2.30. The largest absolute Gasteiger partial charge is 0.466 e. The van der Waals surface area contributed by atoms with E-state index in [1.807, 2.05) is 0 Å². The summed E-state index contributed by atoms with van der Waals surface area (Å²) in [5.74, 6) is -1.59. The first-order valence-electron chi connectivity index (χ1n) is 6.90. The highest BCUT2D eigenvalue weighted by Crippen LogP contribution is 2.38. The number of esters is 1. The maximum atomic E-state index is 13.2. The Labute approximate surface area is 128 Å². The molecule has 116 valence electrons. The summed E-state index contributed by atoms with van der Waals surface area (Å²) in [6.07, 6.45) is 0. The molecule has 22 heavy (non-hydrogen) atoms. The molecule has 1 unspecified atom stereocenters. The first-order chi connectivity index (χ1) is 10.4. The zero-order valence-corrected chi connectivity index (χ0v) is 13.0. The molecule has 0 aliphatic carbocycles. The normalized spacial score (nSPS) is 18.1. The molecule has 1 N–H and O–H groups in total. The Kier molecular flexibility index (Phi) is 4.45. The average molecular weight is 303 g/mol. The molecular formula is C17H18FNO3. The number of carbonyl (C=O) groups is 2. The number of halogens is 1. The number of benzene rings is 1. The second kappa shape index (κ2) is 6.13. The highest BCUT2D eigenvalue weighted by molar-refractivity contribution is 6.02. The fourth-order valence-electron chi connectivity index (χ4n) is 2.83. The van der Waals surface area contributed by atoms with Crippen molar-refractivity contribution in [3.8, 4) is 0 Å². The Morgan fingerprint density at radius 2 is 1.64 bits per heavy atom. The Morgan fingerprint density at radius 3 is 2.14 bits per heavy atom. The summed E-state index contributed by atoms with van der Waals surface area (Å²) in [5.41, 5.74) is 2.84. The summed E-state index contributed by atoms with van der Waals surface area (Å²) in [6.45, 7) is 4.99. The fourth-order valence-corrected chi connectivity index (χ4v) is 2.83. The van der Waals surface area contributed by atoms with E-state index in [4.69, 9.17) is 4.74 Å². The molecule has 2 rings (SSSR count). The van der Waals surface area contributed by atoms with Crippen LogP contribution in [-0.4, -0.2) is 18.9 Å². The minimum absolute atomic E-state index is 0.145. The number of ketones is 1. The van der Waals surface area contributed by atoms with E-state index in [0.29, 0.717) is 28.1 Å². The molecule has 1 aliphatic rings. The van der Waals surface area contributed by atoms with Crippen molar-refractivity contribution in [2.24, 2.45) is 0 Å². The van der Waals surface area contributed by atoms with Crippen LogP contribution in [0.5, 0.6) is 0 Å². The zero-order valence-electron chi connectivity index (χ0n) is 13.0. The topological polar surface area (TPSA) is 55.4 Å². The van der Waals surface area contributed by atoms with Crippen LogP contribution in [0.25, 0.3) is 0 Å². The van der Waals surface area contributed by atoms with Crippen LogP contribution in [0, 0.1) is 5.82 Å². The van der Waals surface area contributed by atoms with Gasteiger partial charge in [-0.3, -0.25) is 4.79 Å². The smallest absolute Gasteiger partial charge is 0.336 e. The predicted octanol–water partition coefficient (Wildman–Crippen LogP) is 2.82. The number of hydrogen-bond acceptors (Lipinski definition) is 4. The summed E-state index contributed by atoms with van der Waals surface area (Å²) in [5, 5.41) is 3.05. The summed E-state index contributed by atoms with van der Waals surface area (Å²) >= 11 is 0. The number of methoxy groups -OCH3 is 1. The van der Waals surface area contributed by atoms with E-state index in [0.717, 1.165) is 0 Å². The molecule has 1 aromatic carbocycles. The lowest BCUT2D eigenvalue weighted by atomic mass is 9.79. The maximum absolute atomic E-state index is 13.2. The van der Waals surface area contributed by atoms with Crippen molar-refractivity contribution >= 4 is 11.8 Å². The molecule has 0 radical (unpaired) electrons. The van der Waals surface area contributed by atoms with Crippen molar-refractivity contribution in [1.82, 2.24) is 5.32 Å². The number of carbonyl (C=O) groups excluding carboxylic acids is 2. The molecule has 0 amide bonds. The number of dihydropyridines is 1. The SMILES string of the molecule is COC(=O)C1=C(C)NC(C)=C(C(C)=O)C1c1ccc(F)cc1. The van der Waals surface area contributed by atoms with Gasteiger partial charge in [0.15, 0.2) is 5.78 Å². The number of Topliss-reactive ketones (excluding diaryl/α,β-unsaturated/α-hetero) is 1. The minimum atomic E-state index is -0.563. The molecule has 0 bridgehead atoms. The van der Waals surface area contributed by atoms with Crippen LogP contribution in [0.2, 0.25) is 0 Å². The first kappa shape index (κ1) is 15.9. The quantitative estimate of drug-likeness (QED) is 0.872. The van der Waals surface area contributed by atoms with Gasteiger partial charge >= 0.3 is 5.97 Å². The lowest BCUT2D eigenvalue weighted by molar-refractivity contribution is -0.136. The van der Waals surface area contributed by atoms with Crippen LogP contribution in [0.1, 0.15) is 32.3 Å². The van der Waals surface area contributed by atoms with Crippen molar-refractivity contribution in [2.75, 3.05) is 7.11 Å². The molecule has 5 heteroatoms. The number of nitrogens with one attached hydrogen (secondary N) is 1. The third-order valence-electron chi connectivity index (χ3n) is 3.75. The second-order valence-corrected chi connectivity index (χ2v) is 5.23. The standard InChI is InChI=1S/C17H18FNO3/c1-9-14(11(3)20)16(12-5-7-13(18)8-6-12)15(10(2)19-9)17(21)22-4/h5-8,16,19H,1-4H3. The summed E-state index contributed by atoms with van der Waals surface area (Å²) < 4.78 is 18.0. The molecule has 1 atom stereocenters. The molecule has 1 heterocycles. The predicted molar refractivity (Wildman–Crippen MR) is 80.4 cm³/mol. The number of ether oxygens (including phenoxy) is 1. The van der Waals surface area contributed by atoms with Gasteiger partial charge in [-0.25, -0.2) is 9.18 Å². The van der Waals surface area contributed by atoms with E-state index in [1.54, 1.807) is 26.0 Å². The van der Waals surface area contributed by atoms with E-state index >= 15 is 0 Å². The van der Waals surface area contributed by atoms with E-state index in [1.165, 1.54) is 26.2 Å². The summed E-state index contributed by atoms with van der Waals surface area (Å²) in [4.78, 5) is 24.3. The Balaban J connectivity index is 2.66. The monoisotopic (exact) mass is 303 g/mol. The minimum Gasteiger partial charge on any atom is -0.466 e. The molecule has 0 saturated heterocycles. The van der Waals surface area contributed by atoms with Crippen LogP contribution in [0.15, 0.2) is 46.8 Å². The van der Waals surface area contributed by atoms with Gasteiger partial charge in [-0.05, 0) is 38.5 Å². The van der Waals surface area contributed by atoms with Crippen molar-refractivity contribution in [1.29, 1.82) is 0 Å². The van der Waals surface area contributed by atoms with Gasteiger partial charge in [0.1, 0.15) is 5.82 Å².